The first kappa shape index (κ1) is 22.4. The average Bonchev–Trinajstić information content (AvgIpc) is 2.78. The number of hydrogen-bond donors (Lipinski definition) is 2. The molecule has 1 amide bonds. The smallest absolute Gasteiger partial charge is 0.248 e. The van der Waals surface area contributed by atoms with Crippen LogP contribution in [0.15, 0.2) is 60.9 Å². The number of amides is 1. The van der Waals surface area contributed by atoms with Crippen LogP contribution in [0.2, 0.25) is 0 Å². The highest BCUT2D eigenvalue weighted by Gasteiger charge is 2.13. The third-order valence-electron chi connectivity index (χ3n) is 5.16. The molecule has 0 saturated carbocycles. The summed E-state index contributed by atoms with van der Waals surface area (Å²) in [5, 5.41) is 6.61. The van der Waals surface area contributed by atoms with Gasteiger partial charge in [0.1, 0.15) is 18.0 Å². The number of nitrogens with one attached hydrogen (secondary N) is 2. The zero-order valence-electron chi connectivity index (χ0n) is 18.1. The number of benzene rings is 2. The van der Waals surface area contributed by atoms with Crippen molar-refractivity contribution in [2.45, 2.75) is 26.8 Å². The maximum Gasteiger partial charge on any atom is 0.248 e. The Labute approximate surface area is 182 Å². The van der Waals surface area contributed by atoms with Crippen molar-refractivity contribution in [3.63, 3.8) is 0 Å². The summed E-state index contributed by atoms with van der Waals surface area (Å²) in [6, 6.07) is 12.8. The molecule has 0 fully saturated rings. The lowest BCUT2D eigenvalue weighted by molar-refractivity contribution is -0.111. The van der Waals surface area contributed by atoms with Crippen molar-refractivity contribution in [2.24, 2.45) is 0 Å². The van der Waals surface area contributed by atoms with Crippen LogP contribution in [0.4, 0.5) is 15.9 Å². The SMILES string of the molecule is CCN(CC)C/C=C/C(=O)Nc1cc2c(NC(C)c3ccccc3)ncnc2cc1F. The van der Waals surface area contributed by atoms with Gasteiger partial charge in [0.2, 0.25) is 5.91 Å². The fraction of sp³-hybridized carbons (Fsp3) is 0.292. The standard InChI is InChI=1S/C24H28FN5O/c1-4-30(5-2)13-9-12-23(31)29-22-14-19-21(15-20(22)25)26-16-27-24(19)28-17(3)18-10-7-6-8-11-18/h6-12,14-17H,4-5,13H2,1-3H3,(H,29,31)(H,26,27,28)/b12-9+. The summed E-state index contributed by atoms with van der Waals surface area (Å²) in [5.74, 6) is -0.345. The summed E-state index contributed by atoms with van der Waals surface area (Å²) < 4.78 is 14.6. The molecule has 2 N–H and O–H groups in total. The Morgan fingerprint density at radius 1 is 1.16 bits per heavy atom. The van der Waals surface area contributed by atoms with Crippen LogP contribution in [-0.2, 0) is 4.79 Å². The average molecular weight is 422 g/mol. The lowest BCUT2D eigenvalue weighted by Gasteiger charge is -2.17. The minimum atomic E-state index is -0.543. The Hall–Kier alpha value is -3.32. The number of carbonyl (C=O) groups is 1. The van der Waals surface area contributed by atoms with E-state index >= 15 is 0 Å². The predicted octanol–water partition coefficient (Wildman–Crippen LogP) is 4.78. The van der Waals surface area contributed by atoms with Gasteiger partial charge in [-0.3, -0.25) is 4.79 Å². The molecule has 1 aromatic heterocycles. The monoisotopic (exact) mass is 421 g/mol. The van der Waals surface area contributed by atoms with Gasteiger partial charge in [-0.2, -0.15) is 0 Å². The topological polar surface area (TPSA) is 70.2 Å². The van der Waals surface area contributed by atoms with Crippen molar-refractivity contribution in [2.75, 3.05) is 30.3 Å². The highest BCUT2D eigenvalue weighted by Crippen LogP contribution is 2.28. The first-order valence-electron chi connectivity index (χ1n) is 10.5. The third kappa shape index (κ3) is 5.86. The highest BCUT2D eigenvalue weighted by molar-refractivity contribution is 6.01. The number of likely N-dealkylation sites (N-methyl/N-ethyl adjacent to an activating group) is 1. The van der Waals surface area contributed by atoms with E-state index in [1.165, 1.54) is 18.5 Å². The van der Waals surface area contributed by atoms with E-state index in [0.717, 1.165) is 18.7 Å². The van der Waals surface area contributed by atoms with Gasteiger partial charge in [-0.1, -0.05) is 50.3 Å². The number of carbonyl (C=O) groups excluding carboxylic acids is 1. The molecule has 3 aromatic rings. The minimum absolute atomic E-state index is 0.00888. The molecule has 2 aromatic carbocycles. The normalized spacial score (nSPS) is 12.4. The third-order valence-corrected chi connectivity index (χ3v) is 5.16. The number of fused-ring (bicyclic) bond motifs is 1. The van der Waals surface area contributed by atoms with Crippen LogP contribution in [0.25, 0.3) is 10.9 Å². The number of aromatic nitrogens is 2. The lowest BCUT2D eigenvalue weighted by Crippen LogP contribution is -2.23. The highest BCUT2D eigenvalue weighted by atomic mass is 19.1. The molecule has 3 rings (SSSR count). The van der Waals surface area contributed by atoms with Crippen LogP contribution in [0.1, 0.15) is 32.4 Å². The van der Waals surface area contributed by atoms with Crippen molar-refractivity contribution in [3.8, 4) is 0 Å². The molecule has 0 spiro atoms. The summed E-state index contributed by atoms with van der Waals surface area (Å²) >= 11 is 0. The van der Waals surface area contributed by atoms with Gasteiger partial charge in [0, 0.05) is 30.1 Å². The maximum atomic E-state index is 14.6. The van der Waals surface area contributed by atoms with Gasteiger partial charge in [-0.25, -0.2) is 14.4 Å². The molecular formula is C24H28FN5O. The van der Waals surface area contributed by atoms with Gasteiger partial charge in [0.05, 0.1) is 11.2 Å². The molecule has 31 heavy (non-hydrogen) atoms. The predicted molar refractivity (Wildman–Crippen MR) is 124 cm³/mol. The second-order valence-electron chi connectivity index (χ2n) is 7.23. The van der Waals surface area contributed by atoms with Gasteiger partial charge in [0.15, 0.2) is 0 Å². The fourth-order valence-electron chi connectivity index (χ4n) is 3.28. The molecule has 7 heteroatoms. The maximum absolute atomic E-state index is 14.6. The molecule has 1 heterocycles. The van der Waals surface area contributed by atoms with Crippen molar-refractivity contribution in [3.05, 3.63) is 72.3 Å². The van der Waals surface area contributed by atoms with E-state index in [0.29, 0.717) is 23.3 Å². The first-order chi connectivity index (χ1) is 15.0. The molecule has 6 nitrogen and oxygen atoms in total. The summed E-state index contributed by atoms with van der Waals surface area (Å²) in [4.78, 5) is 22.9. The molecule has 0 aliphatic heterocycles. The van der Waals surface area contributed by atoms with Crippen LogP contribution in [0, 0.1) is 5.82 Å². The quantitative estimate of drug-likeness (QED) is 0.487. The molecule has 1 atom stereocenters. The minimum Gasteiger partial charge on any atom is -0.363 e. The van der Waals surface area contributed by atoms with Crippen molar-refractivity contribution in [1.29, 1.82) is 0 Å². The van der Waals surface area contributed by atoms with E-state index in [1.807, 2.05) is 37.3 Å². The second-order valence-corrected chi connectivity index (χ2v) is 7.23. The zero-order valence-corrected chi connectivity index (χ0v) is 18.1. The van der Waals surface area contributed by atoms with E-state index in [2.05, 4.69) is 39.3 Å². The second kappa shape index (κ2) is 10.6. The van der Waals surface area contributed by atoms with Crippen LogP contribution < -0.4 is 10.6 Å². The molecule has 0 aliphatic carbocycles. The van der Waals surface area contributed by atoms with Crippen LogP contribution >= 0.6 is 0 Å². The van der Waals surface area contributed by atoms with Crippen LogP contribution in [0.3, 0.4) is 0 Å². The Morgan fingerprint density at radius 2 is 1.90 bits per heavy atom. The number of anilines is 2. The molecule has 0 radical (unpaired) electrons. The Bertz CT molecular complexity index is 1050. The van der Waals surface area contributed by atoms with E-state index in [9.17, 15) is 9.18 Å². The largest absolute Gasteiger partial charge is 0.363 e. The zero-order chi connectivity index (χ0) is 22.2. The van der Waals surface area contributed by atoms with E-state index in [4.69, 9.17) is 0 Å². The Morgan fingerprint density at radius 3 is 2.61 bits per heavy atom. The number of rotatable bonds is 9. The van der Waals surface area contributed by atoms with Crippen molar-refractivity contribution < 1.29 is 9.18 Å². The van der Waals surface area contributed by atoms with Crippen molar-refractivity contribution in [1.82, 2.24) is 14.9 Å². The Balaban J connectivity index is 1.80. The molecule has 0 aliphatic rings. The number of hydrogen-bond acceptors (Lipinski definition) is 5. The van der Waals surface area contributed by atoms with Crippen molar-refractivity contribution >= 4 is 28.3 Å². The number of halogens is 1. The molecule has 1 unspecified atom stereocenters. The van der Waals surface area contributed by atoms with Gasteiger partial charge in [-0.15, -0.1) is 0 Å². The Kier molecular flexibility index (Phi) is 7.67. The summed E-state index contributed by atoms with van der Waals surface area (Å²) in [5.41, 5.74) is 1.66. The summed E-state index contributed by atoms with van der Waals surface area (Å²) in [7, 11) is 0. The van der Waals surface area contributed by atoms with E-state index < -0.39 is 5.82 Å². The molecule has 0 saturated heterocycles. The van der Waals surface area contributed by atoms with Gasteiger partial charge in [-0.05, 0) is 31.6 Å². The molecule has 0 bridgehead atoms. The van der Waals surface area contributed by atoms with E-state index in [1.54, 1.807) is 12.1 Å². The first-order valence-corrected chi connectivity index (χ1v) is 10.5. The summed E-state index contributed by atoms with van der Waals surface area (Å²) in [6.45, 7) is 8.62. The number of nitrogens with zero attached hydrogens (tertiary/aromatic N) is 3. The van der Waals surface area contributed by atoms with Crippen LogP contribution in [0.5, 0.6) is 0 Å². The van der Waals surface area contributed by atoms with E-state index in [-0.39, 0.29) is 17.6 Å². The van der Waals surface area contributed by atoms with Gasteiger partial charge >= 0.3 is 0 Å². The van der Waals surface area contributed by atoms with Gasteiger partial charge < -0.3 is 15.5 Å². The lowest BCUT2D eigenvalue weighted by atomic mass is 10.1. The molecule has 162 valence electrons. The molecular weight excluding hydrogens is 393 g/mol. The van der Waals surface area contributed by atoms with Gasteiger partial charge in [0.25, 0.3) is 0 Å². The fourth-order valence-corrected chi connectivity index (χ4v) is 3.28. The van der Waals surface area contributed by atoms with Crippen LogP contribution in [-0.4, -0.2) is 40.4 Å². The summed E-state index contributed by atoms with van der Waals surface area (Å²) in [6.07, 6.45) is 4.61.